The summed E-state index contributed by atoms with van der Waals surface area (Å²) < 4.78 is 12.6. The molecule has 2 aliphatic heterocycles. The molecule has 1 atom stereocenters. The van der Waals surface area contributed by atoms with Gasteiger partial charge in [0.05, 0.1) is 11.3 Å². The molecule has 1 spiro atoms. The average Bonchev–Trinajstić information content (AvgIpc) is 2.46. The summed E-state index contributed by atoms with van der Waals surface area (Å²) in [5.74, 6) is 0. The Morgan fingerprint density at radius 2 is 2.05 bits per heavy atom. The molecule has 1 aromatic carbocycles. The Bertz CT molecular complexity index is 512. The molecule has 5 heteroatoms. The van der Waals surface area contributed by atoms with Gasteiger partial charge in [0.2, 0.25) is 0 Å². The van der Waals surface area contributed by atoms with Crippen LogP contribution in [0.1, 0.15) is 31.2 Å². The number of aryl methyl sites for hydroxylation is 1. The molecule has 0 bridgehead atoms. The van der Waals surface area contributed by atoms with Gasteiger partial charge in [-0.15, -0.1) is 0 Å². The van der Waals surface area contributed by atoms with Crippen molar-refractivity contribution in [3.63, 3.8) is 0 Å². The van der Waals surface area contributed by atoms with Crippen molar-refractivity contribution in [2.75, 3.05) is 25.1 Å². The van der Waals surface area contributed by atoms with E-state index in [9.17, 15) is 0 Å². The topological polar surface area (TPSA) is 30.5 Å². The van der Waals surface area contributed by atoms with E-state index in [1.807, 2.05) is 13.0 Å². The summed E-state index contributed by atoms with van der Waals surface area (Å²) in [4.78, 5) is 0. The molecule has 3 rings (SSSR count). The van der Waals surface area contributed by atoms with Crippen molar-refractivity contribution in [3.05, 3.63) is 27.2 Å². The van der Waals surface area contributed by atoms with E-state index in [1.54, 1.807) is 0 Å². The molecule has 0 radical (unpaired) electrons. The first-order chi connectivity index (χ1) is 10.1. The van der Waals surface area contributed by atoms with Crippen LogP contribution in [0.2, 0.25) is 5.02 Å². The van der Waals surface area contributed by atoms with Gasteiger partial charge in [-0.3, -0.25) is 0 Å². The second-order valence-corrected chi connectivity index (χ2v) is 7.32. The molecule has 1 aromatic rings. The molecule has 116 valence electrons. The lowest BCUT2D eigenvalue weighted by Crippen LogP contribution is -2.47. The zero-order valence-corrected chi connectivity index (χ0v) is 14.6. The van der Waals surface area contributed by atoms with Gasteiger partial charge < -0.3 is 14.8 Å². The minimum absolute atomic E-state index is 0.00906. The van der Waals surface area contributed by atoms with Gasteiger partial charge in [0.25, 0.3) is 0 Å². The zero-order valence-electron chi connectivity index (χ0n) is 12.3. The van der Waals surface area contributed by atoms with Gasteiger partial charge in [-0.05, 0) is 66.2 Å². The number of anilines is 1. The highest BCUT2D eigenvalue weighted by molar-refractivity contribution is 9.10. The Hall–Kier alpha value is -0.290. The van der Waals surface area contributed by atoms with Crippen LogP contribution in [0.15, 0.2) is 16.6 Å². The number of hydrogen-bond donors (Lipinski definition) is 1. The van der Waals surface area contributed by atoms with Crippen LogP contribution in [0.5, 0.6) is 0 Å². The molecule has 21 heavy (non-hydrogen) atoms. The molecular formula is C16H21BrClNO2. The number of halogens is 2. The lowest BCUT2D eigenvalue weighted by atomic mass is 9.84. The standard InChI is InChI=1S/C16H21BrClNO2/c1-11-8-13(17)15(9-14(11)18)19-12-2-5-21-16(10-12)3-6-20-7-4-16/h8-9,12,19H,2-7,10H2,1H3. The van der Waals surface area contributed by atoms with Crippen molar-refractivity contribution in [1.82, 2.24) is 0 Å². The monoisotopic (exact) mass is 373 g/mol. The summed E-state index contributed by atoms with van der Waals surface area (Å²) in [5, 5.41) is 4.44. The summed E-state index contributed by atoms with van der Waals surface area (Å²) in [7, 11) is 0. The maximum atomic E-state index is 6.24. The number of nitrogens with one attached hydrogen (secondary N) is 1. The Morgan fingerprint density at radius 1 is 1.29 bits per heavy atom. The fraction of sp³-hybridized carbons (Fsp3) is 0.625. The second kappa shape index (κ2) is 6.45. The number of benzene rings is 1. The number of rotatable bonds is 2. The van der Waals surface area contributed by atoms with E-state index in [-0.39, 0.29) is 5.60 Å². The molecule has 0 aliphatic carbocycles. The third-order valence-corrected chi connectivity index (χ3v) is 5.57. The summed E-state index contributed by atoms with van der Waals surface area (Å²) in [5.41, 5.74) is 2.16. The van der Waals surface area contributed by atoms with E-state index in [0.717, 1.165) is 66.3 Å². The van der Waals surface area contributed by atoms with Crippen LogP contribution in [-0.2, 0) is 9.47 Å². The molecule has 0 amide bonds. The van der Waals surface area contributed by atoms with Crippen molar-refractivity contribution < 1.29 is 9.47 Å². The van der Waals surface area contributed by atoms with Crippen molar-refractivity contribution >= 4 is 33.2 Å². The minimum atomic E-state index is 0.00906. The Morgan fingerprint density at radius 3 is 2.81 bits per heavy atom. The average molecular weight is 375 g/mol. The Balaban J connectivity index is 1.71. The predicted octanol–water partition coefficient (Wildman–Crippen LogP) is 4.55. The van der Waals surface area contributed by atoms with E-state index in [2.05, 4.69) is 27.3 Å². The van der Waals surface area contributed by atoms with Gasteiger partial charge in [-0.2, -0.15) is 0 Å². The van der Waals surface area contributed by atoms with Crippen LogP contribution in [0.3, 0.4) is 0 Å². The third kappa shape index (κ3) is 3.55. The molecule has 2 fully saturated rings. The first-order valence-corrected chi connectivity index (χ1v) is 8.69. The van der Waals surface area contributed by atoms with Gasteiger partial charge in [-0.1, -0.05) is 11.6 Å². The van der Waals surface area contributed by atoms with Gasteiger partial charge in [0.15, 0.2) is 0 Å². The van der Waals surface area contributed by atoms with Crippen molar-refractivity contribution in [3.8, 4) is 0 Å². The van der Waals surface area contributed by atoms with Crippen molar-refractivity contribution in [2.24, 2.45) is 0 Å². The van der Waals surface area contributed by atoms with Crippen LogP contribution in [0, 0.1) is 6.92 Å². The highest BCUT2D eigenvalue weighted by Gasteiger charge is 2.39. The maximum Gasteiger partial charge on any atom is 0.0745 e. The van der Waals surface area contributed by atoms with E-state index in [4.69, 9.17) is 21.1 Å². The molecule has 2 saturated heterocycles. The van der Waals surface area contributed by atoms with Crippen molar-refractivity contribution in [2.45, 2.75) is 44.2 Å². The van der Waals surface area contributed by atoms with Gasteiger partial charge >= 0.3 is 0 Å². The first-order valence-electron chi connectivity index (χ1n) is 7.52. The van der Waals surface area contributed by atoms with Gasteiger partial charge in [0.1, 0.15) is 0 Å². The van der Waals surface area contributed by atoms with Crippen LogP contribution < -0.4 is 5.32 Å². The molecule has 0 saturated carbocycles. The Labute approximate surface area is 139 Å². The van der Waals surface area contributed by atoms with E-state index < -0.39 is 0 Å². The molecule has 1 N–H and O–H groups in total. The molecule has 0 aromatic heterocycles. The predicted molar refractivity (Wildman–Crippen MR) is 89.3 cm³/mol. The summed E-state index contributed by atoms with van der Waals surface area (Å²) in [6, 6.07) is 4.49. The normalized spacial score (nSPS) is 25.0. The van der Waals surface area contributed by atoms with Crippen molar-refractivity contribution in [1.29, 1.82) is 0 Å². The number of ether oxygens (including phenoxy) is 2. The molecule has 3 nitrogen and oxygen atoms in total. The maximum absolute atomic E-state index is 6.24. The fourth-order valence-corrected chi connectivity index (χ4v) is 3.96. The lowest BCUT2D eigenvalue weighted by molar-refractivity contribution is -0.135. The highest BCUT2D eigenvalue weighted by Crippen LogP contribution is 2.37. The highest BCUT2D eigenvalue weighted by atomic mass is 79.9. The van der Waals surface area contributed by atoms with E-state index >= 15 is 0 Å². The van der Waals surface area contributed by atoms with E-state index in [1.165, 1.54) is 0 Å². The first kappa shape index (κ1) is 15.6. The summed E-state index contributed by atoms with van der Waals surface area (Å²) >= 11 is 9.87. The van der Waals surface area contributed by atoms with E-state index in [0.29, 0.717) is 6.04 Å². The molecular weight excluding hydrogens is 354 g/mol. The third-order valence-electron chi connectivity index (χ3n) is 4.50. The second-order valence-electron chi connectivity index (χ2n) is 6.06. The smallest absolute Gasteiger partial charge is 0.0745 e. The quantitative estimate of drug-likeness (QED) is 0.823. The van der Waals surface area contributed by atoms with Crippen LogP contribution >= 0.6 is 27.5 Å². The van der Waals surface area contributed by atoms with Crippen LogP contribution in [0.25, 0.3) is 0 Å². The SMILES string of the molecule is Cc1cc(Br)c(NC2CCOC3(CCOCC3)C2)cc1Cl. The number of hydrogen-bond acceptors (Lipinski definition) is 3. The zero-order chi connectivity index (χ0) is 14.9. The van der Waals surface area contributed by atoms with Gasteiger partial charge in [0, 0.05) is 35.4 Å². The largest absolute Gasteiger partial charge is 0.381 e. The summed E-state index contributed by atoms with van der Waals surface area (Å²) in [6.45, 7) is 4.46. The summed E-state index contributed by atoms with van der Waals surface area (Å²) in [6.07, 6.45) is 4.07. The van der Waals surface area contributed by atoms with Gasteiger partial charge in [-0.25, -0.2) is 0 Å². The minimum Gasteiger partial charge on any atom is -0.381 e. The fourth-order valence-electron chi connectivity index (χ4n) is 3.22. The Kier molecular flexibility index (Phi) is 4.79. The molecule has 2 aliphatic rings. The molecule has 2 heterocycles. The molecule has 1 unspecified atom stereocenters. The lowest BCUT2D eigenvalue weighted by Gasteiger charge is -2.43. The van der Waals surface area contributed by atoms with Crippen LogP contribution in [0.4, 0.5) is 5.69 Å². The van der Waals surface area contributed by atoms with Crippen LogP contribution in [-0.4, -0.2) is 31.5 Å².